The Balaban J connectivity index is 2.64. The summed E-state index contributed by atoms with van der Waals surface area (Å²) < 4.78 is 0. The van der Waals surface area contributed by atoms with E-state index in [1.807, 2.05) is 0 Å². The van der Waals surface area contributed by atoms with Crippen LogP contribution < -0.4 is 5.32 Å². The summed E-state index contributed by atoms with van der Waals surface area (Å²) in [5.74, 6) is 1.22. The zero-order chi connectivity index (χ0) is 14.3. The predicted molar refractivity (Wildman–Crippen MR) is 85.6 cm³/mol. The SMILES string of the molecule is CCCC(CCC)C(=O)NC1(CBr)CCCC(C)C1. The van der Waals surface area contributed by atoms with Gasteiger partial charge in [0.05, 0.1) is 0 Å². The summed E-state index contributed by atoms with van der Waals surface area (Å²) in [5, 5.41) is 4.29. The van der Waals surface area contributed by atoms with E-state index in [0.29, 0.717) is 0 Å². The average Bonchev–Trinajstić information content (AvgIpc) is 2.38. The highest BCUT2D eigenvalue weighted by Crippen LogP contribution is 2.34. The zero-order valence-corrected chi connectivity index (χ0v) is 14.4. The van der Waals surface area contributed by atoms with Crippen LogP contribution in [0.25, 0.3) is 0 Å². The van der Waals surface area contributed by atoms with E-state index in [1.165, 1.54) is 12.8 Å². The Morgan fingerprint density at radius 3 is 2.47 bits per heavy atom. The zero-order valence-electron chi connectivity index (χ0n) is 12.8. The van der Waals surface area contributed by atoms with Crippen LogP contribution in [0.5, 0.6) is 0 Å². The first-order valence-electron chi connectivity index (χ1n) is 7.95. The number of amides is 1. The molecule has 1 aliphatic rings. The number of nitrogens with one attached hydrogen (secondary N) is 1. The summed E-state index contributed by atoms with van der Waals surface area (Å²) in [6.45, 7) is 6.63. The Kier molecular flexibility index (Phi) is 7.41. The number of carbonyl (C=O) groups excluding carboxylic acids is 1. The highest BCUT2D eigenvalue weighted by atomic mass is 79.9. The van der Waals surface area contributed by atoms with Gasteiger partial charge in [-0.1, -0.05) is 62.4 Å². The summed E-state index contributed by atoms with van der Waals surface area (Å²) in [5.41, 5.74) is 0.00842. The molecule has 0 saturated heterocycles. The van der Waals surface area contributed by atoms with Gasteiger partial charge in [0.15, 0.2) is 0 Å². The van der Waals surface area contributed by atoms with Crippen LogP contribution in [-0.4, -0.2) is 16.8 Å². The molecule has 0 aromatic rings. The molecule has 3 heteroatoms. The van der Waals surface area contributed by atoms with Crippen molar-refractivity contribution in [2.45, 2.75) is 77.7 Å². The van der Waals surface area contributed by atoms with E-state index in [4.69, 9.17) is 0 Å². The molecule has 0 bridgehead atoms. The van der Waals surface area contributed by atoms with Gasteiger partial charge in [0.2, 0.25) is 5.91 Å². The van der Waals surface area contributed by atoms with Crippen LogP contribution in [0.15, 0.2) is 0 Å². The number of rotatable bonds is 7. The number of hydrogen-bond acceptors (Lipinski definition) is 1. The maximum absolute atomic E-state index is 12.5. The van der Waals surface area contributed by atoms with Gasteiger partial charge < -0.3 is 5.32 Å². The molecule has 1 N–H and O–H groups in total. The third-order valence-electron chi connectivity index (χ3n) is 4.38. The van der Waals surface area contributed by atoms with Crippen molar-refractivity contribution in [2.75, 3.05) is 5.33 Å². The summed E-state index contributed by atoms with van der Waals surface area (Å²) in [4.78, 5) is 12.5. The van der Waals surface area contributed by atoms with Gasteiger partial charge in [-0.15, -0.1) is 0 Å². The molecule has 0 aromatic carbocycles. The van der Waals surface area contributed by atoms with E-state index in [9.17, 15) is 4.79 Å². The number of halogens is 1. The van der Waals surface area contributed by atoms with E-state index < -0.39 is 0 Å². The minimum Gasteiger partial charge on any atom is -0.350 e. The second-order valence-electron chi connectivity index (χ2n) is 6.38. The highest BCUT2D eigenvalue weighted by Gasteiger charge is 2.36. The van der Waals surface area contributed by atoms with Crippen molar-refractivity contribution in [3.05, 3.63) is 0 Å². The standard InChI is InChI=1S/C16H30BrNO/c1-4-7-14(8-5-2)15(19)18-16(12-17)10-6-9-13(3)11-16/h13-14H,4-12H2,1-3H3,(H,18,19). The molecule has 0 spiro atoms. The Morgan fingerprint density at radius 2 is 2.00 bits per heavy atom. The van der Waals surface area contributed by atoms with Crippen molar-refractivity contribution >= 4 is 21.8 Å². The predicted octanol–water partition coefficient (Wildman–Crippen LogP) is 4.66. The second kappa shape index (κ2) is 8.28. The fourth-order valence-electron chi connectivity index (χ4n) is 3.40. The topological polar surface area (TPSA) is 29.1 Å². The van der Waals surface area contributed by atoms with Crippen molar-refractivity contribution in [1.29, 1.82) is 0 Å². The quantitative estimate of drug-likeness (QED) is 0.675. The van der Waals surface area contributed by atoms with Crippen molar-refractivity contribution in [3.63, 3.8) is 0 Å². The Labute approximate surface area is 127 Å². The van der Waals surface area contributed by atoms with Gasteiger partial charge in [-0.05, 0) is 31.6 Å². The maximum Gasteiger partial charge on any atom is 0.223 e. The third-order valence-corrected chi connectivity index (χ3v) is 5.45. The summed E-state index contributed by atoms with van der Waals surface area (Å²) in [7, 11) is 0. The fourth-order valence-corrected chi connectivity index (χ4v) is 4.04. The molecule has 0 heterocycles. The summed E-state index contributed by atoms with van der Waals surface area (Å²) >= 11 is 3.64. The lowest BCUT2D eigenvalue weighted by Crippen LogP contribution is -2.54. The second-order valence-corrected chi connectivity index (χ2v) is 6.94. The molecule has 2 unspecified atom stereocenters. The molecule has 0 aromatic heterocycles. The first-order valence-corrected chi connectivity index (χ1v) is 9.07. The van der Waals surface area contributed by atoms with Crippen LogP contribution >= 0.6 is 15.9 Å². The summed E-state index contributed by atoms with van der Waals surface area (Å²) in [6, 6.07) is 0. The molecule has 0 aliphatic heterocycles. The molecule has 2 atom stereocenters. The van der Waals surface area contributed by atoms with Crippen LogP contribution in [0.3, 0.4) is 0 Å². The molecule has 112 valence electrons. The minimum atomic E-state index is 0.00842. The van der Waals surface area contributed by atoms with Crippen LogP contribution in [0.1, 0.15) is 72.1 Å². The van der Waals surface area contributed by atoms with Crippen LogP contribution in [0.4, 0.5) is 0 Å². The lowest BCUT2D eigenvalue weighted by atomic mass is 9.77. The van der Waals surface area contributed by atoms with Crippen LogP contribution in [-0.2, 0) is 4.79 Å². The van der Waals surface area contributed by atoms with Gasteiger partial charge in [-0.3, -0.25) is 4.79 Å². The van der Waals surface area contributed by atoms with E-state index in [0.717, 1.165) is 49.8 Å². The molecular formula is C16H30BrNO. The maximum atomic E-state index is 12.5. The Bertz CT molecular complexity index is 276. The lowest BCUT2D eigenvalue weighted by molar-refractivity contribution is -0.127. The molecule has 1 fully saturated rings. The van der Waals surface area contributed by atoms with E-state index in [-0.39, 0.29) is 17.4 Å². The van der Waals surface area contributed by atoms with Gasteiger partial charge >= 0.3 is 0 Å². The number of alkyl halides is 1. The first kappa shape index (κ1) is 17.0. The van der Waals surface area contributed by atoms with Gasteiger partial charge in [-0.2, -0.15) is 0 Å². The average molecular weight is 332 g/mol. The molecule has 1 saturated carbocycles. The number of hydrogen-bond donors (Lipinski definition) is 1. The molecule has 1 aliphatic carbocycles. The Morgan fingerprint density at radius 1 is 1.37 bits per heavy atom. The van der Waals surface area contributed by atoms with Crippen molar-refractivity contribution < 1.29 is 4.79 Å². The van der Waals surface area contributed by atoms with Gasteiger partial charge in [-0.25, -0.2) is 0 Å². The molecule has 1 amide bonds. The normalized spacial score (nSPS) is 27.5. The molecule has 1 rings (SSSR count). The van der Waals surface area contributed by atoms with Crippen LogP contribution in [0, 0.1) is 11.8 Å². The molecular weight excluding hydrogens is 302 g/mol. The molecule has 2 nitrogen and oxygen atoms in total. The monoisotopic (exact) mass is 331 g/mol. The number of carbonyl (C=O) groups is 1. The lowest BCUT2D eigenvalue weighted by Gasteiger charge is -2.40. The van der Waals surface area contributed by atoms with Gasteiger partial charge in [0.25, 0.3) is 0 Å². The van der Waals surface area contributed by atoms with Crippen molar-refractivity contribution in [1.82, 2.24) is 5.32 Å². The Hall–Kier alpha value is -0.0500. The smallest absolute Gasteiger partial charge is 0.223 e. The molecule has 0 radical (unpaired) electrons. The van der Waals surface area contributed by atoms with Gasteiger partial charge in [0.1, 0.15) is 0 Å². The molecule has 19 heavy (non-hydrogen) atoms. The van der Waals surface area contributed by atoms with E-state index in [1.54, 1.807) is 0 Å². The van der Waals surface area contributed by atoms with E-state index >= 15 is 0 Å². The van der Waals surface area contributed by atoms with E-state index in [2.05, 4.69) is 42.0 Å². The fraction of sp³-hybridized carbons (Fsp3) is 0.938. The van der Waals surface area contributed by atoms with Crippen molar-refractivity contribution in [3.8, 4) is 0 Å². The highest BCUT2D eigenvalue weighted by molar-refractivity contribution is 9.09. The van der Waals surface area contributed by atoms with Gasteiger partial charge in [0, 0.05) is 16.8 Å². The third kappa shape index (κ3) is 5.09. The first-order chi connectivity index (χ1) is 9.06. The van der Waals surface area contributed by atoms with Crippen molar-refractivity contribution in [2.24, 2.45) is 11.8 Å². The van der Waals surface area contributed by atoms with Crippen LogP contribution in [0.2, 0.25) is 0 Å². The minimum absolute atomic E-state index is 0.00842. The summed E-state index contributed by atoms with van der Waals surface area (Å²) in [6.07, 6.45) is 9.01. The largest absolute Gasteiger partial charge is 0.350 e.